The fraction of sp³-hybridized carbons (Fsp3) is 0. The smallest absolute Gasteiger partial charge is 0.194 e. The Kier molecular flexibility index (Phi) is 3.20. The maximum atomic E-state index is 13.0. The third-order valence-corrected chi connectivity index (χ3v) is 3.35. The van der Waals surface area contributed by atoms with Crippen LogP contribution in [0.2, 0.25) is 5.02 Å². The van der Waals surface area contributed by atoms with Gasteiger partial charge in [-0.05, 0) is 42.5 Å². The minimum atomic E-state index is -0.464. The average molecular weight is 286 g/mol. The molecule has 0 aliphatic rings. The van der Waals surface area contributed by atoms with Gasteiger partial charge in [-0.1, -0.05) is 17.7 Å². The summed E-state index contributed by atoms with van der Waals surface area (Å²) in [5.74, 6) is -0.699. The monoisotopic (exact) mass is 285 g/mol. The highest BCUT2D eigenvalue weighted by atomic mass is 35.5. The van der Waals surface area contributed by atoms with Crippen molar-refractivity contribution in [2.75, 3.05) is 0 Å². The van der Waals surface area contributed by atoms with Crippen LogP contribution in [-0.2, 0) is 0 Å². The van der Waals surface area contributed by atoms with Crippen LogP contribution in [0.15, 0.2) is 54.7 Å². The van der Waals surface area contributed by atoms with Gasteiger partial charge in [0.2, 0.25) is 0 Å². The van der Waals surface area contributed by atoms with Gasteiger partial charge in [-0.15, -0.1) is 0 Å². The number of benzene rings is 2. The van der Waals surface area contributed by atoms with Crippen LogP contribution >= 0.6 is 11.6 Å². The SMILES string of the molecule is O=C(c1ccc2ncccc2c1)c1ccc(F)cc1Cl. The van der Waals surface area contributed by atoms with Gasteiger partial charge < -0.3 is 0 Å². The molecule has 3 aromatic rings. The molecule has 2 nitrogen and oxygen atoms in total. The van der Waals surface area contributed by atoms with E-state index in [1.165, 1.54) is 12.1 Å². The molecule has 0 aliphatic heterocycles. The van der Waals surface area contributed by atoms with Gasteiger partial charge in [-0.2, -0.15) is 0 Å². The van der Waals surface area contributed by atoms with Crippen LogP contribution in [0.3, 0.4) is 0 Å². The fourth-order valence-corrected chi connectivity index (χ4v) is 2.30. The number of pyridine rings is 1. The molecule has 0 aliphatic carbocycles. The van der Waals surface area contributed by atoms with Crippen LogP contribution in [0, 0.1) is 5.82 Å². The van der Waals surface area contributed by atoms with Crippen LogP contribution in [0.5, 0.6) is 0 Å². The molecule has 0 bridgehead atoms. The van der Waals surface area contributed by atoms with E-state index in [0.29, 0.717) is 5.56 Å². The first-order valence-electron chi connectivity index (χ1n) is 6.00. The molecule has 0 N–H and O–H groups in total. The summed E-state index contributed by atoms with van der Waals surface area (Å²) in [5.41, 5.74) is 1.60. The molecule has 20 heavy (non-hydrogen) atoms. The quantitative estimate of drug-likeness (QED) is 0.659. The molecule has 0 spiro atoms. The minimum Gasteiger partial charge on any atom is -0.289 e. The van der Waals surface area contributed by atoms with Crippen molar-refractivity contribution in [3.8, 4) is 0 Å². The van der Waals surface area contributed by atoms with Crippen LogP contribution in [-0.4, -0.2) is 10.8 Å². The molecule has 1 heterocycles. The predicted octanol–water partition coefficient (Wildman–Crippen LogP) is 4.26. The third-order valence-electron chi connectivity index (χ3n) is 3.04. The first-order valence-corrected chi connectivity index (χ1v) is 6.37. The lowest BCUT2D eigenvalue weighted by atomic mass is 10.0. The Morgan fingerprint density at radius 1 is 1.10 bits per heavy atom. The van der Waals surface area contributed by atoms with E-state index < -0.39 is 5.82 Å². The van der Waals surface area contributed by atoms with Crippen LogP contribution < -0.4 is 0 Å². The van der Waals surface area contributed by atoms with Gasteiger partial charge >= 0.3 is 0 Å². The number of hydrogen-bond acceptors (Lipinski definition) is 2. The number of hydrogen-bond donors (Lipinski definition) is 0. The molecular weight excluding hydrogens is 277 g/mol. The zero-order chi connectivity index (χ0) is 14.1. The summed E-state index contributed by atoms with van der Waals surface area (Å²) in [6, 6.07) is 12.7. The number of rotatable bonds is 2. The lowest BCUT2D eigenvalue weighted by Gasteiger charge is -2.05. The number of ketones is 1. The second kappa shape index (κ2) is 5.02. The van der Waals surface area contributed by atoms with Crippen LogP contribution in [0.25, 0.3) is 10.9 Å². The molecule has 1 aromatic heterocycles. The highest BCUT2D eigenvalue weighted by Gasteiger charge is 2.14. The maximum absolute atomic E-state index is 13.0. The van der Waals surface area contributed by atoms with Gasteiger partial charge in [0.25, 0.3) is 0 Å². The number of carbonyl (C=O) groups is 1. The van der Waals surface area contributed by atoms with E-state index in [2.05, 4.69) is 4.98 Å². The second-order valence-corrected chi connectivity index (χ2v) is 4.77. The summed E-state index contributed by atoms with van der Waals surface area (Å²) in [5, 5.41) is 0.984. The van der Waals surface area contributed by atoms with Crippen molar-refractivity contribution < 1.29 is 9.18 Å². The number of nitrogens with zero attached hydrogens (tertiary/aromatic N) is 1. The lowest BCUT2D eigenvalue weighted by molar-refractivity contribution is 0.103. The molecule has 0 radical (unpaired) electrons. The van der Waals surface area contributed by atoms with Crippen molar-refractivity contribution in [2.24, 2.45) is 0 Å². The van der Waals surface area contributed by atoms with Crippen LogP contribution in [0.4, 0.5) is 4.39 Å². The van der Waals surface area contributed by atoms with E-state index in [4.69, 9.17) is 11.6 Å². The Morgan fingerprint density at radius 2 is 1.95 bits per heavy atom. The summed E-state index contributed by atoms with van der Waals surface area (Å²) >= 11 is 5.92. The third kappa shape index (κ3) is 2.28. The van der Waals surface area contributed by atoms with Crippen molar-refractivity contribution in [1.29, 1.82) is 0 Å². The summed E-state index contributed by atoms with van der Waals surface area (Å²) in [6.07, 6.45) is 1.70. The molecule has 3 rings (SSSR count). The van der Waals surface area contributed by atoms with Gasteiger partial charge in [-0.3, -0.25) is 9.78 Å². The highest BCUT2D eigenvalue weighted by molar-refractivity contribution is 6.35. The van der Waals surface area contributed by atoms with E-state index >= 15 is 0 Å². The largest absolute Gasteiger partial charge is 0.289 e. The Balaban J connectivity index is 2.08. The molecule has 0 atom stereocenters. The molecule has 2 aromatic carbocycles. The first kappa shape index (κ1) is 12.8. The van der Waals surface area contributed by atoms with Gasteiger partial charge in [0.05, 0.1) is 10.5 Å². The number of aromatic nitrogens is 1. The van der Waals surface area contributed by atoms with Crippen molar-refractivity contribution >= 4 is 28.3 Å². The Morgan fingerprint density at radius 3 is 2.75 bits per heavy atom. The summed E-state index contributed by atoms with van der Waals surface area (Å²) < 4.78 is 13.0. The average Bonchev–Trinajstić information content (AvgIpc) is 2.46. The fourth-order valence-electron chi connectivity index (χ4n) is 2.05. The Bertz CT molecular complexity index is 816. The maximum Gasteiger partial charge on any atom is 0.194 e. The lowest BCUT2D eigenvalue weighted by Crippen LogP contribution is -2.02. The van der Waals surface area contributed by atoms with Crippen molar-refractivity contribution in [3.05, 3.63) is 76.7 Å². The number of halogens is 2. The van der Waals surface area contributed by atoms with E-state index in [1.807, 2.05) is 12.1 Å². The zero-order valence-corrected chi connectivity index (χ0v) is 11.1. The van der Waals surface area contributed by atoms with Gasteiger partial charge in [0.1, 0.15) is 5.82 Å². The Hall–Kier alpha value is -2.26. The van der Waals surface area contributed by atoms with Crippen molar-refractivity contribution in [2.45, 2.75) is 0 Å². The molecule has 98 valence electrons. The summed E-state index contributed by atoms with van der Waals surface area (Å²) in [4.78, 5) is 16.6. The predicted molar refractivity (Wildman–Crippen MR) is 76.6 cm³/mol. The molecule has 4 heteroatoms. The summed E-state index contributed by atoms with van der Waals surface area (Å²) in [7, 11) is 0. The van der Waals surface area contributed by atoms with E-state index in [-0.39, 0.29) is 16.4 Å². The molecule has 0 fully saturated rings. The Labute approximate surface area is 119 Å². The number of fused-ring (bicyclic) bond motifs is 1. The first-order chi connectivity index (χ1) is 9.65. The topological polar surface area (TPSA) is 30.0 Å². The van der Waals surface area contributed by atoms with Gasteiger partial charge in [0, 0.05) is 22.7 Å². The van der Waals surface area contributed by atoms with E-state index in [1.54, 1.807) is 24.4 Å². The van der Waals surface area contributed by atoms with E-state index in [0.717, 1.165) is 17.0 Å². The standard InChI is InChI=1S/C16H9ClFNO/c17-14-9-12(18)4-5-13(14)16(20)11-3-6-15-10(8-11)2-1-7-19-15/h1-9H. The van der Waals surface area contributed by atoms with Crippen LogP contribution in [0.1, 0.15) is 15.9 Å². The van der Waals surface area contributed by atoms with Crippen molar-refractivity contribution in [3.63, 3.8) is 0 Å². The molecule has 0 amide bonds. The number of carbonyl (C=O) groups excluding carboxylic acids is 1. The minimum absolute atomic E-state index is 0.112. The zero-order valence-electron chi connectivity index (χ0n) is 10.3. The molecular formula is C16H9ClFNO. The highest BCUT2D eigenvalue weighted by Crippen LogP contribution is 2.22. The van der Waals surface area contributed by atoms with Crippen molar-refractivity contribution in [1.82, 2.24) is 4.98 Å². The molecule has 0 saturated carbocycles. The van der Waals surface area contributed by atoms with Gasteiger partial charge in [0.15, 0.2) is 5.78 Å². The van der Waals surface area contributed by atoms with E-state index in [9.17, 15) is 9.18 Å². The normalized spacial score (nSPS) is 10.7. The second-order valence-electron chi connectivity index (χ2n) is 4.36. The molecule has 0 saturated heterocycles. The van der Waals surface area contributed by atoms with Gasteiger partial charge in [-0.25, -0.2) is 4.39 Å². The summed E-state index contributed by atoms with van der Waals surface area (Å²) in [6.45, 7) is 0. The molecule has 0 unspecified atom stereocenters.